The van der Waals surface area contributed by atoms with E-state index < -0.39 is 0 Å². The van der Waals surface area contributed by atoms with Crippen molar-refractivity contribution in [2.45, 2.75) is 18.8 Å². The highest BCUT2D eigenvalue weighted by Crippen LogP contribution is 2.34. The minimum atomic E-state index is 0.278. The third kappa shape index (κ3) is 3.95. The Labute approximate surface area is 176 Å². The largest absolute Gasteiger partial charge is 0.378 e. The molecule has 5 rings (SSSR count). The second-order valence-electron chi connectivity index (χ2n) is 7.64. The summed E-state index contributed by atoms with van der Waals surface area (Å²) in [5.41, 5.74) is 3.19. The average Bonchev–Trinajstić information content (AvgIpc) is 2.85. The molecule has 1 unspecified atom stereocenters. The van der Waals surface area contributed by atoms with E-state index in [1.807, 2.05) is 24.5 Å². The third-order valence-electron chi connectivity index (χ3n) is 5.72. The van der Waals surface area contributed by atoms with E-state index in [1.165, 1.54) is 0 Å². The van der Waals surface area contributed by atoms with E-state index in [0.29, 0.717) is 13.2 Å². The average molecular weight is 403 g/mol. The molecule has 0 aromatic carbocycles. The van der Waals surface area contributed by atoms with E-state index in [1.54, 1.807) is 18.6 Å². The maximum Gasteiger partial charge on any atom is 0.225 e. The monoisotopic (exact) mass is 403 g/mol. The first-order valence-electron chi connectivity index (χ1n) is 10.5. The van der Waals surface area contributed by atoms with Gasteiger partial charge in [0.05, 0.1) is 18.9 Å². The summed E-state index contributed by atoms with van der Waals surface area (Å²) in [6.07, 6.45) is 11.4. The first-order chi connectivity index (χ1) is 14.9. The predicted molar refractivity (Wildman–Crippen MR) is 115 cm³/mol. The SMILES string of the molecule is c1cnc(N2CCCC(c3nc(N4CCOCC4)ncc3-c3cccnc3)C2)nc1. The van der Waals surface area contributed by atoms with Crippen LogP contribution in [0.5, 0.6) is 0 Å². The molecular weight excluding hydrogens is 378 g/mol. The van der Waals surface area contributed by atoms with Gasteiger partial charge in [-0.1, -0.05) is 6.07 Å². The van der Waals surface area contributed by atoms with Gasteiger partial charge in [-0.2, -0.15) is 0 Å². The molecule has 0 bridgehead atoms. The molecule has 2 saturated heterocycles. The fourth-order valence-electron chi connectivity index (χ4n) is 4.19. The Morgan fingerprint density at radius 3 is 2.53 bits per heavy atom. The van der Waals surface area contributed by atoms with Crippen LogP contribution in [-0.4, -0.2) is 64.3 Å². The van der Waals surface area contributed by atoms with E-state index in [0.717, 1.165) is 67.7 Å². The fourth-order valence-corrected chi connectivity index (χ4v) is 4.19. The number of ether oxygens (including phenoxy) is 1. The van der Waals surface area contributed by atoms with Crippen LogP contribution in [0.1, 0.15) is 24.5 Å². The lowest BCUT2D eigenvalue weighted by Gasteiger charge is -2.34. The summed E-state index contributed by atoms with van der Waals surface area (Å²) in [4.78, 5) is 27.5. The smallest absolute Gasteiger partial charge is 0.225 e. The van der Waals surface area contributed by atoms with Crippen LogP contribution in [0, 0.1) is 0 Å². The number of piperidine rings is 1. The number of pyridine rings is 1. The maximum absolute atomic E-state index is 5.50. The van der Waals surface area contributed by atoms with Gasteiger partial charge in [-0.05, 0) is 25.0 Å². The maximum atomic E-state index is 5.50. The summed E-state index contributed by atoms with van der Waals surface area (Å²) < 4.78 is 5.50. The molecule has 0 spiro atoms. The van der Waals surface area contributed by atoms with Crippen molar-refractivity contribution in [3.63, 3.8) is 0 Å². The first kappa shape index (κ1) is 18.9. The van der Waals surface area contributed by atoms with E-state index in [9.17, 15) is 0 Å². The fraction of sp³-hybridized carbons (Fsp3) is 0.409. The van der Waals surface area contributed by atoms with E-state index >= 15 is 0 Å². The molecule has 2 fully saturated rings. The third-order valence-corrected chi connectivity index (χ3v) is 5.72. The molecule has 0 N–H and O–H groups in total. The van der Waals surface area contributed by atoms with Gasteiger partial charge >= 0.3 is 0 Å². The van der Waals surface area contributed by atoms with Crippen molar-refractivity contribution in [3.05, 3.63) is 54.9 Å². The van der Waals surface area contributed by atoms with Gasteiger partial charge in [0.1, 0.15) is 0 Å². The standard InChI is InChI=1S/C22H25N7O/c1-4-17(14-23-6-1)19-15-26-22(28-10-12-30-13-11-28)27-20(19)18-5-2-9-29(16-18)21-24-7-3-8-25-21/h1,3-4,6-8,14-15,18H,2,5,9-13,16H2. The highest BCUT2D eigenvalue weighted by molar-refractivity contribution is 5.66. The van der Waals surface area contributed by atoms with Crippen molar-refractivity contribution < 1.29 is 4.74 Å². The normalized spacial score (nSPS) is 19.7. The lowest BCUT2D eigenvalue weighted by Crippen LogP contribution is -2.38. The lowest BCUT2D eigenvalue weighted by molar-refractivity contribution is 0.122. The second-order valence-corrected chi connectivity index (χ2v) is 7.64. The van der Waals surface area contributed by atoms with Gasteiger partial charge in [0, 0.05) is 74.2 Å². The Bertz CT molecular complexity index is 964. The molecule has 5 heterocycles. The van der Waals surface area contributed by atoms with E-state index in [-0.39, 0.29) is 5.92 Å². The summed E-state index contributed by atoms with van der Waals surface area (Å²) in [6, 6.07) is 5.88. The van der Waals surface area contributed by atoms with E-state index in [4.69, 9.17) is 14.7 Å². The van der Waals surface area contributed by atoms with Gasteiger partial charge in [0.2, 0.25) is 11.9 Å². The minimum Gasteiger partial charge on any atom is -0.378 e. The Kier molecular flexibility index (Phi) is 5.48. The minimum absolute atomic E-state index is 0.278. The molecule has 154 valence electrons. The number of rotatable bonds is 4. The number of hydrogen-bond donors (Lipinski definition) is 0. The van der Waals surface area contributed by atoms with Crippen molar-refractivity contribution >= 4 is 11.9 Å². The number of hydrogen-bond acceptors (Lipinski definition) is 8. The Morgan fingerprint density at radius 2 is 1.73 bits per heavy atom. The number of nitrogens with zero attached hydrogens (tertiary/aromatic N) is 7. The molecule has 0 saturated carbocycles. The summed E-state index contributed by atoms with van der Waals surface area (Å²) in [7, 11) is 0. The zero-order valence-electron chi connectivity index (χ0n) is 16.9. The van der Waals surface area contributed by atoms with Crippen molar-refractivity contribution in [1.29, 1.82) is 0 Å². The van der Waals surface area contributed by atoms with Crippen LogP contribution in [-0.2, 0) is 4.74 Å². The molecule has 30 heavy (non-hydrogen) atoms. The summed E-state index contributed by atoms with van der Waals surface area (Å²) in [5.74, 6) is 1.85. The molecule has 8 nitrogen and oxygen atoms in total. The van der Waals surface area contributed by atoms with Crippen LogP contribution in [0.4, 0.5) is 11.9 Å². The van der Waals surface area contributed by atoms with Crippen LogP contribution < -0.4 is 9.80 Å². The molecule has 8 heteroatoms. The highest BCUT2D eigenvalue weighted by Gasteiger charge is 2.28. The topological polar surface area (TPSA) is 80.2 Å². The molecule has 1 atom stereocenters. The second kappa shape index (κ2) is 8.71. The lowest BCUT2D eigenvalue weighted by atomic mass is 9.90. The Balaban J connectivity index is 1.50. The molecule has 2 aliphatic heterocycles. The molecular formula is C22H25N7O. The zero-order chi connectivity index (χ0) is 20.2. The van der Waals surface area contributed by atoms with Crippen molar-refractivity contribution in [2.24, 2.45) is 0 Å². The number of aromatic nitrogens is 5. The van der Waals surface area contributed by atoms with Gasteiger partial charge in [0.15, 0.2) is 0 Å². The first-order valence-corrected chi connectivity index (χ1v) is 10.5. The summed E-state index contributed by atoms with van der Waals surface area (Å²) in [5, 5.41) is 0. The molecule has 0 amide bonds. The molecule has 3 aromatic heterocycles. The number of anilines is 2. The summed E-state index contributed by atoms with van der Waals surface area (Å²) in [6.45, 7) is 4.87. The summed E-state index contributed by atoms with van der Waals surface area (Å²) >= 11 is 0. The van der Waals surface area contributed by atoms with Crippen molar-refractivity contribution in [2.75, 3.05) is 49.2 Å². The number of morpholine rings is 1. The van der Waals surface area contributed by atoms with Crippen LogP contribution in [0.2, 0.25) is 0 Å². The van der Waals surface area contributed by atoms with E-state index in [2.05, 4.69) is 30.8 Å². The van der Waals surface area contributed by atoms with Crippen LogP contribution in [0.15, 0.2) is 49.2 Å². The van der Waals surface area contributed by atoms with Gasteiger partial charge in [-0.25, -0.2) is 19.9 Å². The highest BCUT2D eigenvalue weighted by atomic mass is 16.5. The Hall–Kier alpha value is -3.13. The van der Waals surface area contributed by atoms with Crippen molar-refractivity contribution in [1.82, 2.24) is 24.9 Å². The van der Waals surface area contributed by atoms with Crippen LogP contribution in [0.3, 0.4) is 0 Å². The van der Waals surface area contributed by atoms with Gasteiger partial charge in [-0.3, -0.25) is 4.98 Å². The molecule has 0 radical (unpaired) electrons. The van der Waals surface area contributed by atoms with Gasteiger partial charge < -0.3 is 14.5 Å². The van der Waals surface area contributed by atoms with Gasteiger partial charge in [-0.15, -0.1) is 0 Å². The van der Waals surface area contributed by atoms with Gasteiger partial charge in [0.25, 0.3) is 0 Å². The molecule has 0 aliphatic carbocycles. The van der Waals surface area contributed by atoms with Crippen LogP contribution >= 0.6 is 0 Å². The predicted octanol–water partition coefficient (Wildman–Crippen LogP) is 2.55. The van der Waals surface area contributed by atoms with Crippen LogP contribution in [0.25, 0.3) is 11.1 Å². The van der Waals surface area contributed by atoms with Crippen molar-refractivity contribution in [3.8, 4) is 11.1 Å². The quantitative estimate of drug-likeness (QED) is 0.658. The zero-order valence-corrected chi connectivity index (χ0v) is 16.9. The Morgan fingerprint density at radius 1 is 0.867 bits per heavy atom. The molecule has 2 aliphatic rings. The molecule has 3 aromatic rings.